The zero-order valence-electron chi connectivity index (χ0n) is 10.1. The number of aromatic nitrogens is 2. The summed E-state index contributed by atoms with van der Waals surface area (Å²) in [5, 5.41) is 3.10. The standard InChI is InChI=1S/C11H19N5O/c1-14-4-2-8-9(7-3-5-17-6-7)15-11(13)16-10(8)12/h7,14H,2-6H2,1H3,(H4,12,13,15,16). The smallest absolute Gasteiger partial charge is 0.222 e. The summed E-state index contributed by atoms with van der Waals surface area (Å²) in [7, 11) is 1.91. The minimum Gasteiger partial charge on any atom is -0.383 e. The van der Waals surface area contributed by atoms with E-state index in [9.17, 15) is 0 Å². The Hall–Kier alpha value is -1.40. The van der Waals surface area contributed by atoms with Crippen molar-refractivity contribution in [2.75, 3.05) is 38.3 Å². The minimum atomic E-state index is 0.248. The lowest BCUT2D eigenvalue weighted by Gasteiger charge is -2.15. The van der Waals surface area contributed by atoms with Gasteiger partial charge < -0.3 is 21.5 Å². The highest BCUT2D eigenvalue weighted by atomic mass is 16.5. The summed E-state index contributed by atoms with van der Waals surface area (Å²) in [5.41, 5.74) is 13.6. The molecule has 6 nitrogen and oxygen atoms in total. The maximum absolute atomic E-state index is 5.93. The molecule has 0 radical (unpaired) electrons. The quantitative estimate of drug-likeness (QED) is 0.676. The molecule has 0 aliphatic carbocycles. The summed E-state index contributed by atoms with van der Waals surface area (Å²) in [6.45, 7) is 2.32. The first-order valence-corrected chi connectivity index (χ1v) is 5.86. The Morgan fingerprint density at radius 3 is 2.88 bits per heavy atom. The van der Waals surface area contributed by atoms with Crippen LogP contribution in [0.15, 0.2) is 0 Å². The van der Waals surface area contributed by atoms with Gasteiger partial charge in [0.2, 0.25) is 5.95 Å². The monoisotopic (exact) mass is 237 g/mol. The lowest BCUT2D eigenvalue weighted by Crippen LogP contribution is -2.17. The van der Waals surface area contributed by atoms with Gasteiger partial charge in [0.15, 0.2) is 0 Å². The van der Waals surface area contributed by atoms with E-state index >= 15 is 0 Å². The molecule has 1 fully saturated rings. The maximum Gasteiger partial charge on any atom is 0.222 e. The van der Waals surface area contributed by atoms with Crippen LogP contribution in [0, 0.1) is 0 Å². The number of hydrogen-bond acceptors (Lipinski definition) is 6. The molecule has 17 heavy (non-hydrogen) atoms. The van der Waals surface area contributed by atoms with Crippen LogP contribution in [0.25, 0.3) is 0 Å². The zero-order valence-corrected chi connectivity index (χ0v) is 10.1. The van der Waals surface area contributed by atoms with Crippen LogP contribution in [0.2, 0.25) is 0 Å². The van der Waals surface area contributed by atoms with Gasteiger partial charge in [0, 0.05) is 18.1 Å². The number of nitrogens with one attached hydrogen (secondary N) is 1. The molecule has 2 rings (SSSR count). The van der Waals surface area contributed by atoms with Gasteiger partial charge in [-0.25, -0.2) is 4.98 Å². The van der Waals surface area contributed by atoms with Crippen LogP contribution in [-0.4, -0.2) is 36.8 Å². The fourth-order valence-electron chi connectivity index (χ4n) is 2.13. The fourth-order valence-corrected chi connectivity index (χ4v) is 2.13. The molecule has 0 amide bonds. The van der Waals surface area contributed by atoms with E-state index in [0.717, 1.165) is 37.3 Å². The molecular weight excluding hydrogens is 218 g/mol. The van der Waals surface area contributed by atoms with E-state index in [0.29, 0.717) is 18.3 Å². The maximum atomic E-state index is 5.93. The van der Waals surface area contributed by atoms with E-state index in [1.54, 1.807) is 0 Å². The molecule has 1 aromatic rings. The van der Waals surface area contributed by atoms with Crippen LogP contribution in [0.5, 0.6) is 0 Å². The molecule has 0 aromatic carbocycles. The average molecular weight is 237 g/mol. The van der Waals surface area contributed by atoms with Crippen molar-refractivity contribution in [1.82, 2.24) is 15.3 Å². The van der Waals surface area contributed by atoms with Gasteiger partial charge in [0.1, 0.15) is 5.82 Å². The Bertz CT molecular complexity index is 390. The van der Waals surface area contributed by atoms with Crippen molar-refractivity contribution in [3.05, 3.63) is 11.3 Å². The first kappa shape index (κ1) is 12.1. The minimum absolute atomic E-state index is 0.248. The Morgan fingerprint density at radius 1 is 1.41 bits per heavy atom. The van der Waals surface area contributed by atoms with Gasteiger partial charge in [-0.3, -0.25) is 0 Å². The molecule has 0 spiro atoms. The van der Waals surface area contributed by atoms with Crippen molar-refractivity contribution in [1.29, 1.82) is 0 Å². The molecule has 0 saturated carbocycles. The first-order valence-electron chi connectivity index (χ1n) is 5.86. The number of hydrogen-bond donors (Lipinski definition) is 3. The fraction of sp³-hybridized carbons (Fsp3) is 0.636. The molecule has 1 unspecified atom stereocenters. The third kappa shape index (κ3) is 2.65. The largest absolute Gasteiger partial charge is 0.383 e. The molecule has 1 aliphatic heterocycles. The number of nitrogens with two attached hydrogens (primary N) is 2. The number of rotatable bonds is 4. The molecule has 1 aromatic heterocycles. The SMILES string of the molecule is CNCCc1c(N)nc(N)nc1C1CCOC1. The highest BCUT2D eigenvalue weighted by Gasteiger charge is 2.24. The van der Waals surface area contributed by atoms with Gasteiger partial charge in [-0.1, -0.05) is 0 Å². The zero-order chi connectivity index (χ0) is 12.3. The topological polar surface area (TPSA) is 99.1 Å². The Labute approximate surface area is 101 Å². The van der Waals surface area contributed by atoms with Gasteiger partial charge >= 0.3 is 0 Å². The first-order chi connectivity index (χ1) is 8.22. The molecule has 0 bridgehead atoms. The average Bonchev–Trinajstić information content (AvgIpc) is 2.80. The van der Waals surface area contributed by atoms with Gasteiger partial charge in [0.05, 0.1) is 12.3 Å². The summed E-state index contributed by atoms with van der Waals surface area (Å²) in [6, 6.07) is 0. The summed E-state index contributed by atoms with van der Waals surface area (Å²) >= 11 is 0. The third-order valence-electron chi connectivity index (χ3n) is 3.03. The van der Waals surface area contributed by atoms with Gasteiger partial charge in [-0.15, -0.1) is 0 Å². The van der Waals surface area contributed by atoms with Crippen molar-refractivity contribution in [3.63, 3.8) is 0 Å². The molecular formula is C11H19N5O. The van der Waals surface area contributed by atoms with E-state index < -0.39 is 0 Å². The molecule has 6 heteroatoms. The second kappa shape index (κ2) is 5.29. The highest BCUT2D eigenvalue weighted by molar-refractivity contribution is 5.47. The number of nitrogens with zero attached hydrogens (tertiary/aromatic N) is 2. The lowest BCUT2D eigenvalue weighted by molar-refractivity contribution is 0.193. The lowest BCUT2D eigenvalue weighted by atomic mass is 9.98. The summed E-state index contributed by atoms with van der Waals surface area (Å²) < 4.78 is 5.39. The molecule has 1 saturated heterocycles. The highest BCUT2D eigenvalue weighted by Crippen LogP contribution is 2.29. The number of likely N-dealkylation sites (N-methyl/N-ethyl adjacent to an activating group) is 1. The molecule has 94 valence electrons. The molecule has 1 aliphatic rings. The van der Waals surface area contributed by atoms with Crippen LogP contribution >= 0.6 is 0 Å². The van der Waals surface area contributed by atoms with Crippen LogP contribution in [-0.2, 0) is 11.2 Å². The van der Waals surface area contributed by atoms with Crippen molar-refractivity contribution in [3.8, 4) is 0 Å². The van der Waals surface area contributed by atoms with E-state index in [4.69, 9.17) is 16.2 Å². The molecule has 2 heterocycles. The summed E-state index contributed by atoms with van der Waals surface area (Å²) in [5.74, 6) is 1.04. The number of nitrogen functional groups attached to an aromatic ring is 2. The summed E-state index contributed by atoms with van der Waals surface area (Å²) in [4.78, 5) is 8.38. The number of ether oxygens (including phenoxy) is 1. The van der Waals surface area contributed by atoms with E-state index in [1.165, 1.54) is 0 Å². The van der Waals surface area contributed by atoms with E-state index in [1.807, 2.05) is 7.05 Å². The van der Waals surface area contributed by atoms with E-state index in [-0.39, 0.29) is 5.95 Å². The Balaban J connectivity index is 2.32. The normalized spacial score (nSPS) is 19.7. The van der Waals surface area contributed by atoms with Crippen molar-refractivity contribution >= 4 is 11.8 Å². The van der Waals surface area contributed by atoms with Gasteiger partial charge in [-0.2, -0.15) is 4.98 Å². The Kier molecular flexibility index (Phi) is 3.75. The van der Waals surface area contributed by atoms with Crippen LogP contribution in [0.1, 0.15) is 23.6 Å². The Morgan fingerprint density at radius 2 is 2.24 bits per heavy atom. The predicted molar refractivity (Wildman–Crippen MR) is 66.7 cm³/mol. The van der Waals surface area contributed by atoms with Crippen LogP contribution in [0.3, 0.4) is 0 Å². The second-order valence-corrected chi connectivity index (χ2v) is 4.24. The van der Waals surface area contributed by atoms with Crippen LogP contribution in [0.4, 0.5) is 11.8 Å². The third-order valence-corrected chi connectivity index (χ3v) is 3.03. The van der Waals surface area contributed by atoms with E-state index in [2.05, 4.69) is 15.3 Å². The predicted octanol–water partition coefficient (Wildman–Crippen LogP) is -0.0932. The van der Waals surface area contributed by atoms with Gasteiger partial charge in [-0.05, 0) is 26.4 Å². The molecule has 1 atom stereocenters. The summed E-state index contributed by atoms with van der Waals surface area (Å²) in [6.07, 6.45) is 1.79. The van der Waals surface area contributed by atoms with Crippen molar-refractivity contribution in [2.45, 2.75) is 18.8 Å². The molecule has 5 N–H and O–H groups in total. The van der Waals surface area contributed by atoms with Crippen LogP contribution < -0.4 is 16.8 Å². The second-order valence-electron chi connectivity index (χ2n) is 4.24. The van der Waals surface area contributed by atoms with Crippen molar-refractivity contribution < 1.29 is 4.74 Å². The van der Waals surface area contributed by atoms with Gasteiger partial charge in [0.25, 0.3) is 0 Å². The number of anilines is 2. The van der Waals surface area contributed by atoms with Crippen molar-refractivity contribution in [2.24, 2.45) is 0 Å².